The zero-order valence-electron chi connectivity index (χ0n) is 12.7. The van der Waals surface area contributed by atoms with Crippen LogP contribution in [0.3, 0.4) is 0 Å². The van der Waals surface area contributed by atoms with E-state index in [0.29, 0.717) is 5.75 Å². The second-order valence-corrected chi connectivity index (χ2v) is 7.10. The van der Waals surface area contributed by atoms with E-state index in [2.05, 4.69) is 51.2 Å². The number of phenolic OH excluding ortho intramolecular Hbond substituents is 1. The molecule has 0 aliphatic carbocycles. The SMILES string of the molecule is Oc1ccc(Br)cc1CN1CCC(Cc2ccccc2)CC1. The molecule has 0 unspecified atom stereocenters. The van der Waals surface area contributed by atoms with E-state index in [1.54, 1.807) is 6.07 Å². The summed E-state index contributed by atoms with van der Waals surface area (Å²) in [5.41, 5.74) is 2.46. The first-order chi connectivity index (χ1) is 10.7. The predicted molar refractivity (Wildman–Crippen MR) is 94.0 cm³/mol. The normalized spacial score (nSPS) is 16.8. The van der Waals surface area contributed by atoms with E-state index in [4.69, 9.17) is 0 Å². The second kappa shape index (κ2) is 7.30. The van der Waals surface area contributed by atoms with Gasteiger partial charge in [0.2, 0.25) is 0 Å². The van der Waals surface area contributed by atoms with Crippen molar-refractivity contribution in [1.29, 1.82) is 0 Å². The number of piperidine rings is 1. The maximum Gasteiger partial charge on any atom is 0.120 e. The summed E-state index contributed by atoms with van der Waals surface area (Å²) in [4.78, 5) is 2.45. The number of aromatic hydroxyl groups is 1. The lowest BCUT2D eigenvalue weighted by molar-refractivity contribution is 0.175. The fourth-order valence-electron chi connectivity index (χ4n) is 3.22. The van der Waals surface area contributed by atoms with Gasteiger partial charge in [0.15, 0.2) is 0 Å². The highest BCUT2D eigenvalue weighted by Crippen LogP contribution is 2.26. The third-order valence-electron chi connectivity index (χ3n) is 4.51. The van der Waals surface area contributed by atoms with Gasteiger partial charge in [-0.05, 0) is 62.0 Å². The largest absolute Gasteiger partial charge is 0.508 e. The molecule has 0 amide bonds. The molecule has 0 saturated carbocycles. The number of halogens is 1. The van der Waals surface area contributed by atoms with Crippen LogP contribution >= 0.6 is 15.9 Å². The Labute approximate surface area is 140 Å². The standard InChI is InChI=1S/C19H22BrNO/c20-18-6-7-19(22)17(13-18)14-21-10-8-16(9-11-21)12-15-4-2-1-3-5-15/h1-7,13,16,22H,8-12,14H2. The van der Waals surface area contributed by atoms with Crippen LogP contribution in [-0.2, 0) is 13.0 Å². The highest BCUT2D eigenvalue weighted by molar-refractivity contribution is 9.10. The first kappa shape index (κ1) is 15.6. The van der Waals surface area contributed by atoms with Crippen LogP contribution < -0.4 is 0 Å². The number of hydrogen-bond donors (Lipinski definition) is 1. The van der Waals surface area contributed by atoms with E-state index < -0.39 is 0 Å². The Morgan fingerprint density at radius 2 is 1.77 bits per heavy atom. The fraction of sp³-hybridized carbons (Fsp3) is 0.368. The van der Waals surface area contributed by atoms with Crippen molar-refractivity contribution in [1.82, 2.24) is 4.90 Å². The van der Waals surface area contributed by atoms with Gasteiger partial charge in [-0.1, -0.05) is 46.3 Å². The van der Waals surface area contributed by atoms with Crippen LogP contribution in [0.2, 0.25) is 0 Å². The maximum absolute atomic E-state index is 9.96. The van der Waals surface area contributed by atoms with Crippen LogP contribution in [0.1, 0.15) is 24.0 Å². The molecule has 3 rings (SSSR count). The third-order valence-corrected chi connectivity index (χ3v) is 5.00. The lowest BCUT2D eigenvalue weighted by Crippen LogP contribution is -2.33. The summed E-state index contributed by atoms with van der Waals surface area (Å²) < 4.78 is 1.03. The van der Waals surface area contributed by atoms with Gasteiger partial charge in [-0.25, -0.2) is 0 Å². The molecule has 2 aromatic rings. The molecule has 0 bridgehead atoms. The molecule has 22 heavy (non-hydrogen) atoms. The van der Waals surface area contributed by atoms with E-state index in [1.807, 2.05) is 12.1 Å². The van der Waals surface area contributed by atoms with Crippen LogP contribution in [-0.4, -0.2) is 23.1 Å². The Morgan fingerprint density at radius 1 is 1.05 bits per heavy atom. The molecule has 0 aromatic heterocycles. The van der Waals surface area contributed by atoms with Crippen LogP contribution in [0.4, 0.5) is 0 Å². The van der Waals surface area contributed by atoms with Crippen molar-refractivity contribution in [3.8, 4) is 5.75 Å². The molecule has 1 aliphatic heterocycles. The van der Waals surface area contributed by atoms with Crippen molar-refractivity contribution in [2.24, 2.45) is 5.92 Å². The van der Waals surface area contributed by atoms with E-state index in [0.717, 1.165) is 35.6 Å². The van der Waals surface area contributed by atoms with Gasteiger partial charge in [0.05, 0.1) is 0 Å². The topological polar surface area (TPSA) is 23.5 Å². The minimum Gasteiger partial charge on any atom is -0.508 e. The quantitative estimate of drug-likeness (QED) is 0.861. The molecule has 0 radical (unpaired) electrons. The number of rotatable bonds is 4. The van der Waals surface area contributed by atoms with E-state index >= 15 is 0 Å². The molecule has 116 valence electrons. The van der Waals surface area contributed by atoms with E-state index in [9.17, 15) is 5.11 Å². The van der Waals surface area contributed by atoms with Crippen LogP contribution in [0.25, 0.3) is 0 Å². The molecular weight excluding hydrogens is 338 g/mol. The molecule has 3 heteroatoms. The smallest absolute Gasteiger partial charge is 0.120 e. The molecule has 1 N–H and O–H groups in total. The fourth-order valence-corrected chi connectivity index (χ4v) is 3.63. The van der Waals surface area contributed by atoms with Gasteiger partial charge in [-0.3, -0.25) is 4.90 Å². The Hall–Kier alpha value is -1.32. The molecule has 0 spiro atoms. The molecule has 1 aliphatic rings. The zero-order valence-corrected chi connectivity index (χ0v) is 14.3. The number of benzene rings is 2. The van der Waals surface area contributed by atoms with Crippen LogP contribution in [0.5, 0.6) is 5.75 Å². The number of phenols is 1. The van der Waals surface area contributed by atoms with Crippen molar-refractivity contribution in [3.05, 3.63) is 64.1 Å². The second-order valence-electron chi connectivity index (χ2n) is 6.18. The van der Waals surface area contributed by atoms with Gasteiger partial charge in [-0.2, -0.15) is 0 Å². The summed E-state index contributed by atoms with van der Waals surface area (Å²) in [7, 11) is 0. The summed E-state index contributed by atoms with van der Waals surface area (Å²) in [6.07, 6.45) is 3.67. The minimum absolute atomic E-state index is 0.398. The van der Waals surface area contributed by atoms with Gasteiger partial charge in [0.1, 0.15) is 5.75 Å². The number of likely N-dealkylation sites (tertiary alicyclic amines) is 1. The van der Waals surface area contributed by atoms with Gasteiger partial charge in [0.25, 0.3) is 0 Å². The summed E-state index contributed by atoms with van der Waals surface area (Å²) in [6.45, 7) is 3.07. The van der Waals surface area contributed by atoms with Crippen molar-refractivity contribution in [3.63, 3.8) is 0 Å². The number of nitrogens with zero attached hydrogens (tertiary/aromatic N) is 1. The van der Waals surface area contributed by atoms with Crippen molar-refractivity contribution in [2.45, 2.75) is 25.8 Å². The Bertz CT molecular complexity index is 606. The molecule has 2 nitrogen and oxygen atoms in total. The average molecular weight is 360 g/mol. The van der Waals surface area contributed by atoms with Crippen molar-refractivity contribution < 1.29 is 5.11 Å². The molecule has 1 heterocycles. The first-order valence-electron chi connectivity index (χ1n) is 7.94. The first-order valence-corrected chi connectivity index (χ1v) is 8.73. The minimum atomic E-state index is 0.398. The molecule has 1 fully saturated rings. The van der Waals surface area contributed by atoms with E-state index in [-0.39, 0.29) is 0 Å². The highest BCUT2D eigenvalue weighted by atomic mass is 79.9. The number of hydrogen-bond acceptors (Lipinski definition) is 2. The van der Waals surface area contributed by atoms with Crippen LogP contribution in [0.15, 0.2) is 53.0 Å². The molecule has 1 saturated heterocycles. The average Bonchev–Trinajstić information content (AvgIpc) is 2.54. The molecular formula is C19H22BrNO. The lowest BCUT2D eigenvalue weighted by Gasteiger charge is -2.32. The third kappa shape index (κ3) is 4.11. The van der Waals surface area contributed by atoms with Gasteiger partial charge in [-0.15, -0.1) is 0 Å². The molecule has 2 aromatic carbocycles. The van der Waals surface area contributed by atoms with Gasteiger partial charge >= 0.3 is 0 Å². The lowest BCUT2D eigenvalue weighted by atomic mass is 9.90. The summed E-state index contributed by atoms with van der Waals surface area (Å²) >= 11 is 3.48. The predicted octanol–water partition coefficient (Wildman–Crippen LogP) is 4.61. The molecule has 0 atom stereocenters. The van der Waals surface area contributed by atoms with Crippen molar-refractivity contribution >= 4 is 15.9 Å². The van der Waals surface area contributed by atoms with Gasteiger partial charge in [0, 0.05) is 16.6 Å². The van der Waals surface area contributed by atoms with Crippen molar-refractivity contribution in [2.75, 3.05) is 13.1 Å². The summed E-state index contributed by atoms with van der Waals surface area (Å²) in [5.74, 6) is 1.18. The monoisotopic (exact) mass is 359 g/mol. The van der Waals surface area contributed by atoms with E-state index in [1.165, 1.54) is 24.8 Å². The van der Waals surface area contributed by atoms with Crippen LogP contribution in [0, 0.1) is 5.92 Å². The Balaban J connectivity index is 1.52. The maximum atomic E-state index is 9.96. The summed E-state index contributed by atoms with van der Waals surface area (Å²) in [6, 6.07) is 16.5. The van der Waals surface area contributed by atoms with Gasteiger partial charge < -0.3 is 5.11 Å². The Kier molecular flexibility index (Phi) is 5.16. The summed E-state index contributed by atoms with van der Waals surface area (Å²) in [5, 5.41) is 9.96. The highest BCUT2D eigenvalue weighted by Gasteiger charge is 2.20. The zero-order chi connectivity index (χ0) is 15.4. The Morgan fingerprint density at radius 3 is 2.50 bits per heavy atom.